The van der Waals surface area contributed by atoms with E-state index in [9.17, 15) is 22.8 Å². The third kappa shape index (κ3) is 6.71. The fraction of sp³-hybridized carbons (Fsp3) is 0.154. The number of carbonyl (C=O) groups is 2. The quantitative estimate of drug-likeness (QED) is 0.291. The van der Waals surface area contributed by atoms with Crippen LogP contribution in [0.3, 0.4) is 0 Å². The molecule has 0 atom stereocenters. The lowest BCUT2D eigenvalue weighted by Crippen LogP contribution is -2.24. The molecular formula is C26H22F3N5O3S. The smallest absolute Gasteiger partial charge is 0.416 e. The van der Waals surface area contributed by atoms with Gasteiger partial charge in [-0.1, -0.05) is 36.0 Å². The molecule has 0 fully saturated rings. The zero-order valence-electron chi connectivity index (χ0n) is 20.0. The van der Waals surface area contributed by atoms with Crippen molar-refractivity contribution in [2.24, 2.45) is 0 Å². The van der Waals surface area contributed by atoms with Crippen molar-refractivity contribution in [2.75, 3.05) is 18.2 Å². The number of aromatic nitrogens is 3. The highest BCUT2D eigenvalue weighted by molar-refractivity contribution is 7.99. The molecule has 0 saturated heterocycles. The van der Waals surface area contributed by atoms with Crippen molar-refractivity contribution in [2.45, 2.75) is 17.9 Å². The summed E-state index contributed by atoms with van der Waals surface area (Å²) in [6, 6.07) is 19.9. The van der Waals surface area contributed by atoms with Gasteiger partial charge in [-0.25, -0.2) is 0 Å². The first kappa shape index (κ1) is 26.7. The molecule has 1 heterocycles. The van der Waals surface area contributed by atoms with Gasteiger partial charge >= 0.3 is 6.18 Å². The van der Waals surface area contributed by atoms with Gasteiger partial charge in [0, 0.05) is 11.3 Å². The van der Waals surface area contributed by atoms with Gasteiger partial charge in [0.25, 0.3) is 5.91 Å². The zero-order chi connectivity index (χ0) is 27.1. The molecule has 1 aromatic heterocycles. The van der Waals surface area contributed by atoms with Crippen LogP contribution in [0, 0.1) is 0 Å². The number of nitrogens with one attached hydrogen (secondary N) is 2. The van der Waals surface area contributed by atoms with Crippen molar-refractivity contribution in [1.82, 2.24) is 20.1 Å². The van der Waals surface area contributed by atoms with E-state index in [2.05, 4.69) is 20.8 Å². The summed E-state index contributed by atoms with van der Waals surface area (Å²) in [6.07, 6.45) is -4.56. The topological polar surface area (TPSA) is 98.1 Å². The summed E-state index contributed by atoms with van der Waals surface area (Å²) in [7, 11) is 1.53. The third-order valence-corrected chi connectivity index (χ3v) is 6.21. The van der Waals surface area contributed by atoms with E-state index in [1.165, 1.54) is 23.8 Å². The number of amides is 2. The lowest BCUT2D eigenvalue weighted by Gasteiger charge is -2.13. The number of nitrogens with zero attached hydrogens (tertiary/aromatic N) is 3. The Morgan fingerprint density at radius 2 is 1.71 bits per heavy atom. The number of alkyl halides is 3. The largest absolute Gasteiger partial charge is 0.497 e. The number of ether oxygens (including phenoxy) is 1. The highest BCUT2D eigenvalue weighted by Crippen LogP contribution is 2.31. The molecular weight excluding hydrogens is 519 g/mol. The highest BCUT2D eigenvalue weighted by atomic mass is 32.2. The number of methoxy groups -OCH3 is 1. The van der Waals surface area contributed by atoms with Gasteiger partial charge in [-0.15, -0.1) is 10.2 Å². The van der Waals surface area contributed by atoms with Crippen LogP contribution in [0.5, 0.6) is 5.75 Å². The predicted molar refractivity (Wildman–Crippen MR) is 136 cm³/mol. The van der Waals surface area contributed by atoms with Gasteiger partial charge in [-0.05, 0) is 54.6 Å². The Hall–Kier alpha value is -4.32. The maximum atomic E-state index is 13.4. The minimum Gasteiger partial charge on any atom is -0.497 e. The van der Waals surface area contributed by atoms with Crippen LogP contribution in [0.1, 0.15) is 21.7 Å². The summed E-state index contributed by atoms with van der Waals surface area (Å²) in [5.74, 6) is 0.0273. The van der Waals surface area contributed by atoms with E-state index >= 15 is 0 Å². The first-order valence-corrected chi connectivity index (χ1v) is 12.2. The molecule has 0 aliphatic carbocycles. The Bertz CT molecular complexity index is 1410. The molecule has 4 rings (SSSR count). The average molecular weight is 542 g/mol. The minimum absolute atomic E-state index is 0.0838. The first-order valence-electron chi connectivity index (χ1n) is 11.3. The van der Waals surface area contributed by atoms with Crippen LogP contribution in [-0.4, -0.2) is 39.4 Å². The molecule has 2 N–H and O–H groups in total. The summed E-state index contributed by atoms with van der Waals surface area (Å²) in [4.78, 5) is 25.0. The van der Waals surface area contributed by atoms with Gasteiger partial charge in [-0.3, -0.25) is 14.2 Å². The predicted octanol–water partition coefficient (Wildman–Crippen LogP) is 4.96. The van der Waals surface area contributed by atoms with Crippen molar-refractivity contribution >= 4 is 29.3 Å². The molecule has 12 heteroatoms. The Morgan fingerprint density at radius 1 is 0.974 bits per heavy atom. The lowest BCUT2D eigenvalue weighted by molar-refractivity contribution is -0.137. The van der Waals surface area contributed by atoms with Crippen molar-refractivity contribution in [3.05, 3.63) is 95.8 Å². The van der Waals surface area contributed by atoms with Crippen LogP contribution >= 0.6 is 11.8 Å². The molecule has 0 unspecified atom stereocenters. The van der Waals surface area contributed by atoms with Gasteiger partial charge < -0.3 is 15.4 Å². The fourth-order valence-corrected chi connectivity index (χ4v) is 4.21. The number of hydrogen-bond donors (Lipinski definition) is 2. The van der Waals surface area contributed by atoms with Crippen LogP contribution in [-0.2, 0) is 17.5 Å². The van der Waals surface area contributed by atoms with Crippen molar-refractivity contribution in [1.29, 1.82) is 0 Å². The van der Waals surface area contributed by atoms with Gasteiger partial charge in [0.15, 0.2) is 11.0 Å². The monoisotopic (exact) mass is 541 g/mol. The molecule has 4 aromatic rings. The van der Waals surface area contributed by atoms with E-state index in [0.717, 1.165) is 23.9 Å². The maximum Gasteiger partial charge on any atom is 0.416 e. The normalized spacial score (nSPS) is 11.2. The Morgan fingerprint density at radius 3 is 2.39 bits per heavy atom. The van der Waals surface area contributed by atoms with E-state index in [4.69, 9.17) is 4.74 Å². The number of carbonyl (C=O) groups excluding carboxylic acids is 2. The second kappa shape index (κ2) is 11.8. The molecule has 2 amide bonds. The van der Waals surface area contributed by atoms with E-state index in [1.54, 1.807) is 54.6 Å². The minimum atomic E-state index is -4.56. The van der Waals surface area contributed by atoms with Crippen molar-refractivity contribution < 1.29 is 27.5 Å². The summed E-state index contributed by atoms with van der Waals surface area (Å²) in [5, 5.41) is 13.8. The molecule has 0 bridgehead atoms. The van der Waals surface area contributed by atoms with E-state index in [1.807, 2.05) is 0 Å². The zero-order valence-corrected chi connectivity index (χ0v) is 20.8. The van der Waals surface area contributed by atoms with Crippen LogP contribution in [0.4, 0.5) is 18.9 Å². The van der Waals surface area contributed by atoms with Gasteiger partial charge in [-0.2, -0.15) is 13.2 Å². The Kier molecular flexibility index (Phi) is 8.31. The van der Waals surface area contributed by atoms with Crippen molar-refractivity contribution in [3.63, 3.8) is 0 Å². The molecule has 3 aromatic carbocycles. The van der Waals surface area contributed by atoms with Crippen LogP contribution in [0.2, 0.25) is 0 Å². The SMILES string of the molecule is COc1ccc(NC(=O)CSc2nnc(CNC(=O)c3ccccc3)n2-c2cccc(C(F)(F)F)c2)cc1. The number of halogens is 3. The molecule has 0 radical (unpaired) electrons. The summed E-state index contributed by atoms with van der Waals surface area (Å²) in [6.45, 7) is -0.102. The molecule has 38 heavy (non-hydrogen) atoms. The third-order valence-electron chi connectivity index (χ3n) is 5.28. The van der Waals surface area contributed by atoms with Crippen LogP contribution in [0.15, 0.2) is 84.0 Å². The first-order chi connectivity index (χ1) is 18.2. The Labute approximate surface area is 220 Å². The second-order valence-electron chi connectivity index (χ2n) is 7.90. The van der Waals surface area contributed by atoms with E-state index in [-0.39, 0.29) is 40.8 Å². The lowest BCUT2D eigenvalue weighted by atomic mass is 10.2. The fourth-order valence-electron chi connectivity index (χ4n) is 3.44. The highest BCUT2D eigenvalue weighted by Gasteiger charge is 2.31. The van der Waals surface area contributed by atoms with E-state index in [0.29, 0.717) is 17.0 Å². The summed E-state index contributed by atoms with van der Waals surface area (Å²) < 4.78 is 46.7. The van der Waals surface area contributed by atoms with Gasteiger partial charge in [0.05, 0.1) is 30.7 Å². The van der Waals surface area contributed by atoms with Crippen LogP contribution < -0.4 is 15.4 Å². The number of benzene rings is 3. The standard InChI is InChI=1S/C26H22F3N5O3S/c1-37-21-12-10-19(11-13-21)31-23(35)16-38-25-33-32-22(15-30-24(36)17-6-3-2-4-7-17)34(25)20-9-5-8-18(14-20)26(27,28)29/h2-14H,15-16H2,1H3,(H,30,36)(H,31,35). The van der Waals surface area contributed by atoms with E-state index < -0.39 is 11.7 Å². The summed E-state index contributed by atoms with van der Waals surface area (Å²) in [5.41, 5.74) is 0.269. The molecule has 196 valence electrons. The number of rotatable bonds is 9. The summed E-state index contributed by atoms with van der Waals surface area (Å²) >= 11 is 1.00. The molecule has 8 nitrogen and oxygen atoms in total. The number of anilines is 1. The number of thioether (sulfide) groups is 1. The second-order valence-corrected chi connectivity index (χ2v) is 8.84. The van der Waals surface area contributed by atoms with Crippen molar-refractivity contribution in [3.8, 4) is 11.4 Å². The molecule has 0 aliphatic heterocycles. The molecule has 0 spiro atoms. The van der Waals surface area contributed by atoms with Crippen LogP contribution in [0.25, 0.3) is 5.69 Å². The van der Waals surface area contributed by atoms with Gasteiger partial charge in [0.1, 0.15) is 5.75 Å². The Balaban J connectivity index is 1.55. The number of hydrogen-bond acceptors (Lipinski definition) is 6. The van der Waals surface area contributed by atoms with Gasteiger partial charge in [0.2, 0.25) is 5.91 Å². The molecule has 0 saturated carbocycles. The molecule has 0 aliphatic rings. The maximum absolute atomic E-state index is 13.4. The average Bonchev–Trinajstić information content (AvgIpc) is 3.34.